The molecule has 0 spiro atoms. The lowest BCUT2D eigenvalue weighted by Crippen LogP contribution is -2.14. The molecule has 0 bridgehead atoms. The van der Waals surface area contributed by atoms with Crippen molar-refractivity contribution in [1.29, 1.82) is 0 Å². The van der Waals surface area contributed by atoms with Crippen LogP contribution in [-0.4, -0.2) is 21.0 Å². The van der Waals surface area contributed by atoms with Crippen molar-refractivity contribution in [2.45, 2.75) is 5.75 Å². The zero-order valence-electron chi connectivity index (χ0n) is 14.7. The molecule has 2 aromatic heterocycles. The number of carbonyl (C=O) groups is 1. The van der Waals surface area contributed by atoms with Gasteiger partial charge in [-0.05, 0) is 23.8 Å². The molecule has 4 rings (SSSR count). The number of hydrogen-bond donors (Lipinski definition) is 1. The van der Waals surface area contributed by atoms with Crippen LogP contribution in [0, 0.1) is 0 Å². The van der Waals surface area contributed by atoms with E-state index in [2.05, 4.69) is 22.4 Å². The van der Waals surface area contributed by atoms with Crippen molar-refractivity contribution in [2.24, 2.45) is 0 Å². The Labute approximate surface area is 162 Å². The van der Waals surface area contributed by atoms with E-state index in [9.17, 15) is 4.79 Å². The van der Waals surface area contributed by atoms with Gasteiger partial charge in [-0.3, -0.25) is 4.79 Å². The molecule has 27 heavy (non-hydrogen) atoms. The number of aromatic nitrogens is 2. The quantitative estimate of drug-likeness (QED) is 0.524. The van der Waals surface area contributed by atoms with Gasteiger partial charge in [-0.1, -0.05) is 54.6 Å². The molecule has 2 heterocycles. The molecule has 0 atom stereocenters. The van der Waals surface area contributed by atoms with Gasteiger partial charge in [-0.2, -0.15) is 0 Å². The van der Waals surface area contributed by atoms with Crippen LogP contribution < -0.4 is 5.32 Å². The standard InChI is InChI=1S/C22H19N3OS/c26-22(16-27-15-17-8-2-1-3-9-17)24-19-11-5-4-10-18(19)20-14-25-13-7-6-12-21(25)23-20/h1-14H,15-16H2,(H,24,26). The summed E-state index contributed by atoms with van der Waals surface area (Å²) in [5.41, 5.74) is 4.65. The molecule has 0 saturated carbocycles. The number of nitrogens with zero attached hydrogens (tertiary/aromatic N) is 2. The minimum absolute atomic E-state index is 0.00727. The second-order valence-corrected chi connectivity index (χ2v) is 7.15. The molecule has 0 aliphatic rings. The molecule has 0 aliphatic carbocycles. The third kappa shape index (κ3) is 4.20. The molecule has 0 saturated heterocycles. The van der Waals surface area contributed by atoms with Crippen LogP contribution in [0.2, 0.25) is 0 Å². The molecule has 4 aromatic rings. The van der Waals surface area contributed by atoms with E-state index in [4.69, 9.17) is 0 Å². The molecule has 1 amide bonds. The number of thioether (sulfide) groups is 1. The Hall–Kier alpha value is -3.05. The number of carbonyl (C=O) groups excluding carboxylic acids is 1. The average molecular weight is 373 g/mol. The second-order valence-electron chi connectivity index (χ2n) is 6.16. The van der Waals surface area contributed by atoms with E-state index in [0.717, 1.165) is 28.3 Å². The van der Waals surface area contributed by atoms with Crippen molar-refractivity contribution < 1.29 is 4.79 Å². The summed E-state index contributed by atoms with van der Waals surface area (Å²) < 4.78 is 1.98. The van der Waals surface area contributed by atoms with Gasteiger partial charge < -0.3 is 9.72 Å². The van der Waals surface area contributed by atoms with Crippen molar-refractivity contribution in [3.63, 3.8) is 0 Å². The van der Waals surface area contributed by atoms with Crippen LogP contribution in [0.5, 0.6) is 0 Å². The Balaban J connectivity index is 1.45. The van der Waals surface area contributed by atoms with Crippen LogP contribution in [0.3, 0.4) is 0 Å². The molecule has 134 valence electrons. The van der Waals surface area contributed by atoms with E-state index in [1.807, 2.05) is 77.5 Å². The fourth-order valence-corrected chi connectivity index (χ4v) is 3.69. The maximum Gasteiger partial charge on any atom is 0.234 e. The van der Waals surface area contributed by atoms with E-state index in [0.29, 0.717) is 5.75 Å². The monoisotopic (exact) mass is 373 g/mol. The average Bonchev–Trinajstić information content (AvgIpc) is 3.13. The van der Waals surface area contributed by atoms with Crippen LogP contribution in [0.15, 0.2) is 85.2 Å². The van der Waals surface area contributed by atoms with E-state index in [1.54, 1.807) is 11.8 Å². The van der Waals surface area contributed by atoms with E-state index in [1.165, 1.54) is 5.56 Å². The summed E-state index contributed by atoms with van der Waals surface area (Å²) >= 11 is 1.61. The third-order valence-corrected chi connectivity index (χ3v) is 5.19. The molecular formula is C22H19N3OS. The topological polar surface area (TPSA) is 46.4 Å². The smallest absolute Gasteiger partial charge is 0.234 e. The SMILES string of the molecule is O=C(CSCc1ccccc1)Nc1ccccc1-c1cn2ccccc2n1. The maximum atomic E-state index is 12.4. The van der Waals surface area contributed by atoms with Crippen molar-refractivity contribution in [3.8, 4) is 11.3 Å². The predicted molar refractivity (Wildman–Crippen MR) is 112 cm³/mol. The van der Waals surface area contributed by atoms with Crippen molar-refractivity contribution >= 4 is 29.0 Å². The number of fused-ring (bicyclic) bond motifs is 1. The fourth-order valence-electron chi connectivity index (χ4n) is 2.90. The minimum Gasteiger partial charge on any atom is -0.325 e. The number of imidazole rings is 1. The number of para-hydroxylation sites is 1. The molecule has 0 fully saturated rings. The highest BCUT2D eigenvalue weighted by molar-refractivity contribution is 7.99. The lowest BCUT2D eigenvalue weighted by molar-refractivity contribution is -0.113. The summed E-state index contributed by atoms with van der Waals surface area (Å²) in [6, 6.07) is 23.8. The normalized spacial score (nSPS) is 10.8. The van der Waals surface area contributed by atoms with E-state index < -0.39 is 0 Å². The predicted octanol–water partition coefficient (Wildman–Crippen LogP) is 4.87. The van der Waals surface area contributed by atoms with Gasteiger partial charge in [0.1, 0.15) is 5.65 Å². The minimum atomic E-state index is -0.00727. The highest BCUT2D eigenvalue weighted by atomic mass is 32.2. The fraction of sp³-hybridized carbons (Fsp3) is 0.0909. The van der Waals surface area contributed by atoms with Gasteiger partial charge in [-0.15, -0.1) is 11.8 Å². The van der Waals surface area contributed by atoms with Gasteiger partial charge >= 0.3 is 0 Å². The van der Waals surface area contributed by atoms with Gasteiger partial charge in [0.25, 0.3) is 0 Å². The first-order valence-electron chi connectivity index (χ1n) is 8.74. The van der Waals surface area contributed by atoms with Crippen LogP contribution in [0.1, 0.15) is 5.56 Å². The van der Waals surface area contributed by atoms with Crippen molar-refractivity contribution in [2.75, 3.05) is 11.1 Å². The Morgan fingerprint density at radius 3 is 2.59 bits per heavy atom. The number of hydrogen-bond acceptors (Lipinski definition) is 3. The first kappa shape index (κ1) is 17.4. The van der Waals surface area contributed by atoms with Crippen molar-refractivity contribution in [1.82, 2.24) is 9.38 Å². The summed E-state index contributed by atoms with van der Waals surface area (Å²) in [5, 5.41) is 3.03. The molecule has 1 N–H and O–H groups in total. The molecule has 0 unspecified atom stereocenters. The summed E-state index contributed by atoms with van der Waals surface area (Å²) in [6.07, 6.45) is 3.94. The highest BCUT2D eigenvalue weighted by Gasteiger charge is 2.11. The number of amides is 1. The molecule has 2 aromatic carbocycles. The lowest BCUT2D eigenvalue weighted by atomic mass is 10.1. The van der Waals surface area contributed by atoms with E-state index >= 15 is 0 Å². The number of rotatable bonds is 6. The van der Waals surface area contributed by atoms with Gasteiger partial charge in [0.15, 0.2) is 0 Å². The summed E-state index contributed by atoms with van der Waals surface area (Å²) in [7, 11) is 0. The largest absolute Gasteiger partial charge is 0.325 e. The van der Waals surface area contributed by atoms with Gasteiger partial charge in [0.05, 0.1) is 17.1 Å². The summed E-state index contributed by atoms with van der Waals surface area (Å²) in [6.45, 7) is 0. The second kappa shape index (κ2) is 8.10. The first-order chi connectivity index (χ1) is 13.3. The van der Waals surface area contributed by atoms with Crippen LogP contribution in [-0.2, 0) is 10.5 Å². The zero-order chi connectivity index (χ0) is 18.5. The molecule has 4 nitrogen and oxygen atoms in total. The lowest BCUT2D eigenvalue weighted by Gasteiger charge is -2.09. The zero-order valence-corrected chi connectivity index (χ0v) is 15.5. The summed E-state index contributed by atoms with van der Waals surface area (Å²) in [4.78, 5) is 17.1. The van der Waals surface area contributed by atoms with E-state index in [-0.39, 0.29) is 5.91 Å². The first-order valence-corrected chi connectivity index (χ1v) is 9.90. The number of benzene rings is 2. The van der Waals surface area contributed by atoms with Crippen molar-refractivity contribution in [3.05, 3.63) is 90.8 Å². The Morgan fingerprint density at radius 2 is 1.74 bits per heavy atom. The van der Waals surface area contributed by atoms with Crippen LogP contribution in [0.25, 0.3) is 16.9 Å². The van der Waals surface area contributed by atoms with Crippen LogP contribution >= 0.6 is 11.8 Å². The highest BCUT2D eigenvalue weighted by Crippen LogP contribution is 2.27. The number of anilines is 1. The third-order valence-electron chi connectivity index (χ3n) is 4.19. The number of pyridine rings is 1. The molecule has 5 heteroatoms. The Morgan fingerprint density at radius 1 is 0.963 bits per heavy atom. The maximum absolute atomic E-state index is 12.4. The van der Waals surface area contributed by atoms with Gasteiger partial charge in [-0.25, -0.2) is 4.98 Å². The van der Waals surface area contributed by atoms with Gasteiger partial charge in [0, 0.05) is 23.7 Å². The Bertz CT molecular complexity index is 1030. The molecule has 0 radical (unpaired) electrons. The van der Waals surface area contributed by atoms with Gasteiger partial charge in [0.2, 0.25) is 5.91 Å². The summed E-state index contributed by atoms with van der Waals surface area (Å²) in [5.74, 6) is 1.23. The Kier molecular flexibility index (Phi) is 5.21. The number of nitrogens with one attached hydrogen (secondary N) is 1. The van der Waals surface area contributed by atoms with Crippen LogP contribution in [0.4, 0.5) is 5.69 Å². The molecule has 0 aliphatic heterocycles. The molecular weight excluding hydrogens is 354 g/mol.